The van der Waals surface area contributed by atoms with Gasteiger partial charge in [-0.1, -0.05) is 24.0 Å². The van der Waals surface area contributed by atoms with Gasteiger partial charge in [0.25, 0.3) is 5.91 Å². The molecule has 1 aromatic carbocycles. The first-order valence-electron chi connectivity index (χ1n) is 11.1. The first-order valence-corrected chi connectivity index (χ1v) is 12.3. The summed E-state index contributed by atoms with van der Waals surface area (Å²) in [4.78, 5) is 16.0. The van der Waals surface area contributed by atoms with E-state index in [1.807, 2.05) is 47.4 Å². The molecule has 2 aromatic rings. The number of methoxy groups -OCH3 is 1. The lowest BCUT2D eigenvalue weighted by Crippen LogP contribution is -2.57. The van der Waals surface area contributed by atoms with E-state index >= 15 is 0 Å². The number of amides is 1. The summed E-state index contributed by atoms with van der Waals surface area (Å²) in [6.45, 7) is 0. The van der Waals surface area contributed by atoms with Crippen LogP contribution in [0.1, 0.15) is 37.9 Å². The molecule has 0 radical (unpaired) electrons. The number of hydrogen-bond acceptors (Lipinski definition) is 5. The van der Waals surface area contributed by atoms with E-state index in [-0.39, 0.29) is 5.91 Å². The maximum atomic E-state index is 13.4. The lowest BCUT2D eigenvalue weighted by molar-refractivity contribution is -0.130. The van der Waals surface area contributed by atoms with E-state index in [0.29, 0.717) is 28.5 Å². The van der Waals surface area contributed by atoms with Gasteiger partial charge in [-0.15, -0.1) is 0 Å². The van der Waals surface area contributed by atoms with Gasteiger partial charge in [0, 0.05) is 17.7 Å². The first-order chi connectivity index (χ1) is 15.1. The molecule has 5 aliphatic rings. The molecule has 2 heterocycles. The number of rotatable bonds is 4. The molecular weight excluding hydrogens is 426 g/mol. The minimum absolute atomic E-state index is 0.0647. The van der Waals surface area contributed by atoms with E-state index in [2.05, 4.69) is 0 Å². The van der Waals surface area contributed by atoms with E-state index in [4.69, 9.17) is 21.4 Å². The molecule has 0 spiro atoms. The number of carbonyl (C=O) groups is 1. The van der Waals surface area contributed by atoms with E-state index in [1.165, 1.54) is 43.9 Å². The van der Waals surface area contributed by atoms with Crippen LogP contribution in [0.25, 0.3) is 17.4 Å². The van der Waals surface area contributed by atoms with Crippen LogP contribution in [0.3, 0.4) is 0 Å². The van der Waals surface area contributed by atoms with Crippen LogP contribution in [0.15, 0.2) is 45.7 Å². The predicted molar refractivity (Wildman–Crippen MR) is 127 cm³/mol. The Balaban J connectivity index is 1.23. The van der Waals surface area contributed by atoms with Crippen LogP contribution in [0.5, 0.6) is 5.75 Å². The molecule has 1 aromatic heterocycles. The van der Waals surface area contributed by atoms with Gasteiger partial charge in [0.1, 0.15) is 21.6 Å². The van der Waals surface area contributed by atoms with Crippen LogP contribution >= 0.6 is 24.0 Å². The van der Waals surface area contributed by atoms with Gasteiger partial charge in [-0.3, -0.25) is 9.69 Å². The minimum Gasteiger partial charge on any atom is -0.497 e. The second-order valence-corrected chi connectivity index (χ2v) is 11.1. The molecule has 6 heteroatoms. The first kappa shape index (κ1) is 19.6. The quantitative estimate of drug-likeness (QED) is 0.422. The van der Waals surface area contributed by atoms with Crippen LogP contribution in [-0.4, -0.2) is 28.3 Å². The number of ether oxygens (including phenoxy) is 1. The molecule has 4 saturated carbocycles. The number of benzene rings is 1. The lowest BCUT2D eigenvalue weighted by Gasteiger charge is -2.56. The monoisotopic (exact) mass is 451 g/mol. The van der Waals surface area contributed by atoms with Gasteiger partial charge in [-0.2, -0.15) is 0 Å². The predicted octanol–water partition coefficient (Wildman–Crippen LogP) is 5.98. The van der Waals surface area contributed by atoms with Gasteiger partial charge >= 0.3 is 0 Å². The topological polar surface area (TPSA) is 42.7 Å². The number of thioether (sulfide) groups is 1. The van der Waals surface area contributed by atoms with Crippen molar-refractivity contribution >= 4 is 40.3 Å². The van der Waals surface area contributed by atoms with Crippen LogP contribution in [0.4, 0.5) is 0 Å². The zero-order valence-corrected chi connectivity index (χ0v) is 19.1. The van der Waals surface area contributed by atoms with Crippen molar-refractivity contribution in [3.8, 4) is 17.1 Å². The smallest absolute Gasteiger partial charge is 0.266 e. The third kappa shape index (κ3) is 3.35. The van der Waals surface area contributed by atoms with Crippen molar-refractivity contribution in [3.05, 3.63) is 47.1 Å². The van der Waals surface area contributed by atoms with Gasteiger partial charge < -0.3 is 9.15 Å². The average Bonchev–Trinajstić information content (AvgIpc) is 3.33. The maximum Gasteiger partial charge on any atom is 0.266 e. The van der Waals surface area contributed by atoms with Gasteiger partial charge in [-0.05, 0) is 92.2 Å². The van der Waals surface area contributed by atoms with Crippen LogP contribution < -0.4 is 4.74 Å². The van der Waals surface area contributed by atoms with Gasteiger partial charge in [0.2, 0.25) is 0 Å². The molecule has 0 atom stereocenters. The van der Waals surface area contributed by atoms with E-state index in [9.17, 15) is 4.79 Å². The zero-order chi connectivity index (χ0) is 21.1. The summed E-state index contributed by atoms with van der Waals surface area (Å²) in [5.74, 6) is 5.34. The Morgan fingerprint density at radius 1 is 1.03 bits per heavy atom. The highest BCUT2D eigenvalue weighted by Crippen LogP contribution is 2.56. The highest BCUT2D eigenvalue weighted by molar-refractivity contribution is 8.26. The molecular formula is C25H25NO3S2. The van der Waals surface area contributed by atoms with Crippen molar-refractivity contribution < 1.29 is 13.9 Å². The Hall–Kier alpha value is -2.05. The molecule has 1 aliphatic heterocycles. The Morgan fingerprint density at radius 3 is 2.35 bits per heavy atom. The minimum atomic E-state index is 0.0647. The van der Waals surface area contributed by atoms with Crippen molar-refractivity contribution in [2.75, 3.05) is 7.11 Å². The van der Waals surface area contributed by atoms with E-state index < -0.39 is 0 Å². The Morgan fingerprint density at radius 2 is 1.71 bits per heavy atom. The summed E-state index contributed by atoms with van der Waals surface area (Å²) >= 11 is 7.12. The van der Waals surface area contributed by atoms with Crippen molar-refractivity contribution in [1.82, 2.24) is 4.90 Å². The molecule has 31 heavy (non-hydrogen) atoms. The second-order valence-electron chi connectivity index (χ2n) is 9.40. The van der Waals surface area contributed by atoms with Crippen LogP contribution in [0, 0.1) is 23.7 Å². The molecule has 5 fully saturated rings. The molecule has 4 aliphatic carbocycles. The molecule has 1 saturated heterocycles. The number of thiocarbonyl (C=S) groups is 1. The molecule has 1 amide bonds. The standard InChI is InChI=1S/C25H25NO3S2/c1-28-19-4-2-16(3-5-19)21-7-6-20(29-21)13-22-24(27)26(25(30)31-22)23-17-9-14-8-15(11-17)12-18(23)10-14/h2-7,13-15,17-18,23H,8-12H2,1H3. The highest BCUT2D eigenvalue weighted by atomic mass is 32.2. The fourth-order valence-corrected chi connectivity index (χ4v) is 7.85. The number of hydrogen-bond donors (Lipinski definition) is 0. The SMILES string of the molecule is COc1ccc(-c2ccc(C=C3SC(=S)N(C4C5CC6CC(C5)CC4C6)C3=O)o2)cc1. The summed E-state index contributed by atoms with van der Waals surface area (Å²) in [6.07, 6.45) is 8.36. The third-order valence-corrected chi connectivity index (χ3v) is 8.90. The Kier molecular flexibility index (Phi) is 4.76. The second kappa shape index (κ2) is 7.52. The third-order valence-electron chi connectivity index (χ3n) is 7.57. The Labute approximate surface area is 192 Å². The summed E-state index contributed by atoms with van der Waals surface area (Å²) in [7, 11) is 1.65. The van der Waals surface area contributed by atoms with Gasteiger partial charge in [0.15, 0.2) is 0 Å². The van der Waals surface area contributed by atoms with Crippen LogP contribution in [-0.2, 0) is 4.79 Å². The number of nitrogens with zero attached hydrogens (tertiary/aromatic N) is 1. The zero-order valence-electron chi connectivity index (χ0n) is 17.5. The maximum absolute atomic E-state index is 13.4. The summed E-state index contributed by atoms with van der Waals surface area (Å²) in [5.41, 5.74) is 0.974. The summed E-state index contributed by atoms with van der Waals surface area (Å²) in [5, 5.41) is 0. The van der Waals surface area contributed by atoms with Crippen molar-refractivity contribution in [3.63, 3.8) is 0 Å². The van der Waals surface area contributed by atoms with Gasteiger partial charge in [0.05, 0.1) is 12.0 Å². The normalized spacial score (nSPS) is 33.0. The summed E-state index contributed by atoms with van der Waals surface area (Å²) < 4.78 is 12.0. The fourth-order valence-electron chi connectivity index (χ4n) is 6.52. The van der Waals surface area contributed by atoms with Crippen molar-refractivity contribution in [1.29, 1.82) is 0 Å². The fraction of sp³-hybridized carbons (Fsp3) is 0.440. The van der Waals surface area contributed by atoms with Crippen molar-refractivity contribution in [2.24, 2.45) is 23.7 Å². The van der Waals surface area contributed by atoms with Gasteiger partial charge in [-0.25, -0.2) is 0 Å². The van der Waals surface area contributed by atoms with E-state index in [0.717, 1.165) is 33.2 Å². The number of furan rings is 1. The molecule has 0 N–H and O–H groups in total. The Bertz CT molecular complexity index is 1040. The van der Waals surface area contributed by atoms with E-state index in [1.54, 1.807) is 7.11 Å². The summed E-state index contributed by atoms with van der Waals surface area (Å²) in [6, 6.07) is 11.9. The van der Waals surface area contributed by atoms with Crippen molar-refractivity contribution in [2.45, 2.75) is 38.1 Å². The number of carbonyl (C=O) groups excluding carboxylic acids is 1. The van der Waals surface area contributed by atoms with Crippen LogP contribution in [0.2, 0.25) is 0 Å². The lowest BCUT2D eigenvalue weighted by atomic mass is 9.54. The average molecular weight is 452 g/mol. The largest absolute Gasteiger partial charge is 0.497 e. The molecule has 160 valence electrons. The molecule has 4 nitrogen and oxygen atoms in total. The molecule has 0 unspecified atom stereocenters. The highest BCUT2D eigenvalue weighted by Gasteiger charge is 2.53. The molecule has 4 bridgehead atoms. The molecule has 7 rings (SSSR count).